The summed E-state index contributed by atoms with van der Waals surface area (Å²) in [5, 5.41) is 10.6. The van der Waals surface area contributed by atoms with E-state index in [0.29, 0.717) is 11.7 Å². The molecule has 100 valence electrons. The van der Waals surface area contributed by atoms with Crippen molar-refractivity contribution in [2.45, 2.75) is 18.9 Å². The molecule has 3 rings (SSSR count). The van der Waals surface area contributed by atoms with E-state index < -0.39 is 0 Å². The molecule has 1 aliphatic heterocycles. The zero-order valence-corrected chi connectivity index (χ0v) is 10.5. The molecule has 6 heteroatoms. The van der Waals surface area contributed by atoms with E-state index in [1.165, 1.54) is 23.4 Å². The molecule has 0 bridgehead atoms. The van der Waals surface area contributed by atoms with E-state index in [0.717, 1.165) is 31.6 Å². The van der Waals surface area contributed by atoms with Crippen molar-refractivity contribution < 1.29 is 4.39 Å². The number of rotatable bonds is 3. The smallest absolute Gasteiger partial charge is 0.150 e. The van der Waals surface area contributed by atoms with Crippen molar-refractivity contribution in [2.24, 2.45) is 0 Å². The van der Waals surface area contributed by atoms with Crippen LogP contribution in [0.5, 0.6) is 0 Å². The van der Waals surface area contributed by atoms with E-state index in [4.69, 9.17) is 0 Å². The Kier molecular flexibility index (Phi) is 3.41. The first kappa shape index (κ1) is 12.1. The normalized spacial score (nSPS) is 19.3. The SMILES string of the molecule is Fc1cc(NC2CCCNC2)ccc1-n1cncn1. The van der Waals surface area contributed by atoms with Crippen LogP contribution in [0, 0.1) is 5.82 Å². The van der Waals surface area contributed by atoms with Crippen LogP contribution in [0.2, 0.25) is 0 Å². The molecule has 1 aromatic carbocycles. The molecule has 0 saturated carbocycles. The molecule has 2 aromatic rings. The van der Waals surface area contributed by atoms with Gasteiger partial charge in [-0.25, -0.2) is 14.1 Å². The van der Waals surface area contributed by atoms with E-state index in [2.05, 4.69) is 20.7 Å². The van der Waals surface area contributed by atoms with E-state index in [-0.39, 0.29) is 5.82 Å². The second-order valence-corrected chi connectivity index (χ2v) is 4.69. The number of halogens is 1. The van der Waals surface area contributed by atoms with Gasteiger partial charge in [-0.05, 0) is 37.6 Å². The molecule has 1 fully saturated rings. The zero-order valence-electron chi connectivity index (χ0n) is 10.5. The van der Waals surface area contributed by atoms with Crippen LogP contribution < -0.4 is 10.6 Å². The maximum Gasteiger partial charge on any atom is 0.150 e. The second kappa shape index (κ2) is 5.36. The number of hydrogen-bond donors (Lipinski definition) is 2. The fourth-order valence-electron chi connectivity index (χ4n) is 2.33. The highest BCUT2D eigenvalue weighted by atomic mass is 19.1. The molecular formula is C13H16FN5. The van der Waals surface area contributed by atoms with Gasteiger partial charge in [-0.3, -0.25) is 0 Å². The lowest BCUT2D eigenvalue weighted by Gasteiger charge is -2.24. The summed E-state index contributed by atoms with van der Waals surface area (Å²) < 4.78 is 15.4. The highest BCUT2D eigenvalue weighted by Crippen LogP contribution is 2.19. The first-order valence-electron chi connectivity index (χ1n) is 6.45. The monoisotopic (exact) mass is 261 g/mol. The van der Waals surface area contributed by atoms with Crippen molar-refractivity contribution in [3.05, 3.63) is 36.7 Å². The fraction of sp³-hybridized carbons (Fsp3) is 0.385. The zero-order chi connectivity index (χ0) is 13.1. The van der Waals surface area contributed by atoms with Crippen molar-refractivity contribution >= 4 is 5.69 Å². The number of aromatic nitrogens is 3. The van der Waals surface area contributed by atoms with Gasteiger partial charge in [0.05, 0.1) is 0 Å². The largest absolute Gasteiger partial charge is 0.381 e. The lowest BCUT2D eigenvalue weighted by molar-refractivity contribution is 0.479. The van der Waals surface area contributed by atoms with Crippen LogP contribution in [-0.2, 0) is 0 Å². The Morgan fingerprint density at radius 3 is 3.05 bits per heavy atom. The van der Waals surface area contributed by atoms with Gasteiger partial charge in [0, 0.05) is 18.3 Å². The molecule has 19 heavy (non-hydrogen) atoms. The minimum Gasteiger partial charge on any atom is -0.381 e. The predicted molar refractivity (Wildman–Crippen MR) is 70.8 cm³/mol. The van der Waals surface area contributed by atoms with Gasteiger partial charge in [-0.2, -0.15) is 5.10 Å². The van der Waals surface area contributed by atoms with Crippen LogP contribution in [-0.4, -0.2) is 33.9 Å². The Morgan fingerprint density at radius 2 is 2.37 bits per heavy atom. The van der Waals surface area contributed by atoms with Crippen molar-refractivity contribution in [2.75, 3.05) is 18.4 Å². The maximum absolute atomic E-state index is 14.0. The van der Waals surface area contributed by atoms with Gasteiger partial charge in [-0.15, -0.1) is 0 Å². The van der Waals surface area contributed by atoms with Crippen LogP contribution in [0.3, 0.4) is 0 Å². The van der Waals surface area contributed by atoms with Crippen LogP contribution in [0.15, 0.2) is 30.9 Å². The average molecular weight is 261 g/mol. The number of piperidine rings is 1. The summed E-state index contributed by atoms with van der Waals surface area (Å²) in [4.78, 5) is 3.82. The van der Waals surface area contributed by atoms with Crippen LogP contribution in [0.1, 0.15) is 12.8 Å². The lowest BCUT2D eigenvalue weighted by Crippen LogP contribution is -2.38. The van der Waals surface area contributed by atoms with E-state index in [1.54, 1.807) is 6.07 Å². The highest BCUT2D eigenvalue weighted by Gasteiger charge is 2.13. The third kappa shape index (κ3) is 2.73. The summed E-state index contributed by atoms with van der Waals surface area (Å²) in [6.45, 7) is 1.99. The number of hydrogen-bond acceptors (Lipinski definition) is 4. The molecule has 1 aliphatic rings. The molecule has 1 unspecified atom stereocenters. The maximum atomic E-state index is 14.0. The average Bonchev–Trinajstić information content (AvgIpc) is 2.94. The summed E-state index contributed by atoms with van der Waals surface area (Å²) in [5.74, 6) is -0.306. The highest BCUT2D eigenvalue weighted by molar-refractivity contribution is 5.50. The van der Waals surface area contributed by atoms with Crippen LogP contribution in [0.25, 0.3) is 5.69 Å². The molecule has 2 heterocycles. The van der Waals surface area contributed by atoms with Gasteiger partial charge in [0.1, 0.15) is 18.3 Å². The van der Waals surface area contributed by atoms with Crippen LogP contribution in [0.4, 0.5) is 10.1 Å². The summed E-state index contributed by atoms with van der Waals surface area (Å²) in [6, 6.07) is 5.45. The summed E-state index contributed by atoms with van der Waals surface area (Å²) in [6.07, 6.45) is 5.13. The molecular weight excluding hydrogens is 245 g/mol. The fourth-order valence-corrected chi connectivity index (χ4v) is 2.33. The molecule has 2 N–H and O–H groups in total. The number of anilines is 1. The standard InChI is InChI=1S/C13H16FN5/c14-12-6-10(18-11-2-1-5-15-7-11)3-4-13(12)19-9-16-8-17-19/h3-4,6,8-9,11,15,18H,1-2,5,7H2. The Bertz CT molecular complexity index is 534. The number of nitrogens with one attached hydrogen (secondary N) is 2. The number of benzene rings is 1. The first-order chi connectivity index (χ1) is 9.33. The summed E-state index contributed by atoms with van der Waals surface area (Å²) >= 11 is 0. The minimum atomic E-state index is -0.306. The molecule has 1 aromatic heterocycles. The molecule has 0 amide bonds. The topological polar surface area (TPSA) is 54.8 Å². The van der Waals surface area contributed by atoms with E-state index in [9.17, 15) is 4.39 Å². The summed E-state index contributed by atoms with van der Waals surface area (Å²) in [7, 11) is 0. The predicted octanol–water partition coefficient (Wildman–Crippen LogP) is 1.57. The van der Waals surface area contributed by atoms with Crippen molar-refractivity contribution in [3.8, 4) is 5.69 Å². The quantitative estimate of drug-likeness (QED) is 0.880. The molecule has 0 radical (unpaired) electrons. The van der Waals surface area contributed by atoms with Gasteiger partial charge < -0.3 is 10.6 Å². The van der Waals surface area contributed by atoms with E-state index >= 15 is 0 Å². The second-order valence-electron chi connectivity index (χ2n) is 4.69. The van der Waals surface area contributed by atoms with Crippen LogP contribution >= 0.6 is 0 Å². The minimum absolute atomic E-state index is 0.306. The first-order valence-corrected chi connectivity index (χ1v) is 6.45. The van der Waals surface area contributed by atoms with Gasteiger partial charge in [0.25, 0.3) is 0 Å². The van der Waals surface area contributed by atoms with Gasteiger partial charge in [0.15, 0.2) is 5.82 Å². The lowest BCUT2D eigenvalue weighted by atomic mass is 10.1. The third-order valence-corrected chi connectivity index (χ3v) is 3.28. The van der Waals surface area contributed by atoms with Crippen molar-refractivity contribution in [1.29, 1.82) is 0 Å². The Morgan fingerprint density at radius 1 is 1.42 bits per heavy atom. The summed E-state index contributed by atoms with van der Waals surface area (Å²) in [5.41, 5.74) is 1.21. The molecule has 0 aliphatic carbocycles. The van der Waals surface area contributed by atoms with E-state index in [1.807, 2.05) is 6.07 Å². The Labute approximate surface area is 110 Å². The Balaban J connectivity index is 1.75. The number of nitrogens with zero attached hydrogens (tertiary/aromatic N) is 3. The van der Waals surface area contributed by atoms with Gasteiger partial charge in [0.2, 0.25) is 0 Å². The molecule has 1 saturated heterocycles. The van der Waals surface area contributed by atoms with Gasteiger partial charge >= 0.3 is 0 Å². The molecule has 1 atom stereocenters. The molecule has 5 nitrogen and oxygen atoms in total. The van der Waals surface area contributed by atoms with Gasteiger partial charge in [-0.1, -0.05) is 0 Å². The third-order valence-electron chi connectivity index (χ3n) is 3.28. The molecule has 0 spiro atoms. The van der Waals surface area contributed by atoms with Crippen molar-refractivity contribution in [1.82, 2.24) is 20.1 Å². The Hall–Kier alpha value is -1.95. The van der Waals surface area contributed by atoms with Crippen molar-refractivity contribution in [3.63, 3.8) is 0 Å².